The second-order valence-corrected chi connectivity index (χ2v) is 5.54. The highest BCUT2D eigenvalue weighted by molar-refractivity contribution is 5.00. The van der Waals surface area contributed by atoms with Crippen LogP contribution in [0, 0.1) is 5.92 Å². The summed E-state index contributed by atoms with van der Waals surface area (Å²) in [5, 5.41) is 7.68. The lowest BCUT2D eigenvalue weighted by atomic mass is 10.0. The molecule has 0 saturated heterocycles. The van der Waals surface area contributed by atoms with Crippen LogP contribution >= 0.6 is 0 Å². The number of rotatable bonds is 10. The highest BCUT2D eigenvalue weighted by Gasteiger charge is 1.97. The lowest BCUT2D eigenvalue weighted by Gasteiger charge is -2.06. The van der Waals surface area contributed by atoms with E-state index < -0.39 is 0 Å². The van der Waals surface area contributed by atoms with Gasteiger partial charge in [-0.3, -0.25) is 4.68 Å². The number of nitrogens with zero attached hydrogens (tertiary/aromatic N) is 2. The fourth-order valence-corrected chi connectivity index (χ4v) is 2.14. The Morgan fingerprint density at radius 3 is 2.61 bits per heavy atom. The quantitative estimate of drug-likeness (QED) is 0.647. The summed E-state index contributed by atoms with van der Waals surface area (Å²) >= 11 is 0. The second-order valence-electron chi connectivity index (χ2n) is 5.54. The highest BCUT2D eigenvalue weighted by atomic mass is 15.3. The lowest BCUT2D eigenvalue weighted by Crippen LogP contribution is -2.19. The summed E-state index contributed by atoms with van der Waals surface area (Å²) in [6.45, 7) is 6.82. The molecule has 1 heterocycles. The molecule has 0 aliphatic heterocycles. The van der Waals surface area contributed by atoms with Crippen molar-refractivity contribution in [2.45, 2.75) is 52.4 Å². The molecule has 3 nitrogen and oxygen atoms in total. The van der Waals surface area contributed by atoms with E-state index >= 15 is 0 Å². The van der Waals surface area contributed by atoms with Crippen LogP contribution in [-0.2, 0) is 13.5 Å². The van der Waals surface area contributed by atoms with Gasteiger partial charge in [-0.25, -0.2) is 0 Å². The molecule has 0 amide bonds. The van der Waals surface area contributed by atoms with Gasteiger partial charge in [0.2, 0.25) is 0 Å². The zero-order valence-corrected chi connectivity index (χ0v) is 12.3. The predicted molar refractivity (Wildman–Crippen MR) is 77.7 cm³/mol. The minimum absolute atomic E-state index is 0.863. The van der Waals surface area contributed by atoms with Crippen molar-refractivity contribution in [1.82, 2.24) is 15.1 Å². The first-order chi connectivity index (χ1) is 8.70. The predicted octanol–water partition coefficient (Wildman–Crippen LogP) is 3.16. The van der Waals surface area contributed by atoms with Crippen LogP contribution in [0.25, 0.3) is 0 Å². The standard InChI is InChI=1S/C15H29N3/c1-14(2)8-6-4-5-7-11-16-12-9-15-10-13-17-18(15)3/h10,13-14,16H,4-9,11-12H2,1-3H3. The maximum Gasteiger partial charge on any atom is 0.0492 e. The van der Waals surface area contributed by atoms with Gasteiger partial charge in [0.15, 0.2) is 0 Å². The van der Waals surface area contributed by atoms with Gasteiger partial charge in [-0.05, 0) is 24.9 Å². The Morgan fingerprint density at radius 1 is 1.17 bits per heavy atom. The fraction of sp³-hybridized carbons (Fsp3) is 0.800. The third-order valence-corrected chi connectivity index (χ3v) is 3.37. The molecule has 1 rings (SSSR count). The summed E-state index contributed by atoms with van der Waals surface area (Å²) in [5.41, 5.74) is 1.31. The molecule has 0 radical (unpaired) electrons. The Kier molecular flexibility index (Phi) is 7.74. The molecule has 104 valence electrons. The van der Waals surface area contributed by atoms with Crippen molar-refractivity contribution < 1.29 is 0 Å². The number of unbranched alkanes of at least 4 members (excludes halogenated alkanes) is 3. The summed E-state index contributed by atoms with van der Waals surface area (Å²) in [7, 11) is 2.00. The molecule has 1 N–H and O–H groups in total. The average Bonchev–Trinajstić information content (AvgIpc) is 2.72. The van der Waals surface area contributed by atoms with E-state index in [-0.39, 0.29) is 0 Å². The van der Waals surface area contributed by atoms with Crippen LogP contribution in [0.4, 0.5) is 0 Å². The minimum Gasteiger partial charge on any atom is -0.316 e. The van der Waals surface area contributed by atoms with Crippen molar-refractivity contribution in [3.8, 4) is 0 Å². The van der Waals surface area contributed by atoms with E-state index in [1.165, 1.54) is 37.8 Å². The van der Waals surface area contributed by atoms with Gasteiger partial charge in [0.05, 0.1) is 0 Å². The molecule has 0 aromatic carbocycles. The molecular formula is C15H29N3. The van der Waals surface area contributed by atoms with Crippen molar-refractivity contribution in [1.29, 1.82) is 0 Å². The SMILES string of the molecule is CC(C)CCCCCCNCCc1ccnn1C. The Labute approximate surface area is 112 Å². The number of aryl methyl sites for hydroxylation is 1. The van der Waals surface area contributed by atoms with Gasteiger partial charge < -0.3 is 5.32 Å². The fourth-order valence-electron chi connectivity index (χ4n) is 2.14. The smallest absolute Gasteiger partial charge is 0.0492 e. The van der Waals surface area contributed by atoms with Crippen molar-refractivity contribution in [2.24, 2.45) is 13.0 Å². The molecule has 0 fully saturated rings. The van der Waals surface area contributed by atoms with Crippen LogP contribution in [-0.4, -0.2) is 22.9 Å². The Balaban J connectivity index is 1.86. The largest absolute Gasteiger partial charge is 0.316 e. The van der Waals surface area contributed by atoms with E-state index in [4.69, 9.17) is 0 Å². The zero-order chi connectivity index (χ0) is 13.2. The van der Waals surface area contributed by atoms with Crippen molar-refractivity contribution in [3.63, 3.8) is 0 Å². The molecule has 0 spiro atoms. The number of aromatic nitrogens is 2. The van der Waals surface area contributed by atoms with Gasteiger partial charge in [0.25, 0.3) is 0 Å². The van der Waals surface area contributed by atoms with Crippen molar-refractivity contribution in [2.75, 3.05) is 13.1 Å². The molecular weight excluding hydrogens is 222 g/mol. The summed E-state index contributed by atoms with van der Waals surface area (Å²) in [4.78, 5) is 0. The summed E-state index contributed by atoms with van der Waals surface area (Å²) < 4.78 is 1.95. The summed E-state index contributed by atoms with van der Waals surface area (Å²) in [5.74, 6) is 0.863. The van der Waals surface area contributed by atoms with Crippen LogP contribution in [0.2, 0.25) is 0 Å². The van der Waals surface area contributed by atoms with Crippen LogP contribution in [0.3, 0.4) is 0 Å². The lowest BCUT2D eigenvalue weighted by molar-refractivity contribution is 0.512. The Bertz CT molecular complexity index is 304. The van der Waals surface area contributed by atoms with Gasteiger partial charge >= 0.3 is 0 Å². The zero-order valence-electron chi connectivity index (χ0n) is 12.3. The molecule has 0 bridgehead atoms. The maximum absolute atomic E-state index is 4.17. The molecule has 0 aliphatic carbocycles. The van der Waals surface area contributed by atoms with Gasteiger partial charge in [0, 0.05) is 31.9 Å². The Hall–Kier alpha value is -0.830. The third kappa shape index (κ3) is 6.80. The summed E-state index contributed by atoms with van der Waals surface area (Å²) in [6.07, 6.45) is 9.78. The third-order valence-electron chi connectivity index (χ3n) is 3.37. The van der Waals surface area contributed by atoms with Crippen molar-refractivity contribution >= 4 is 0 Å². The topological polar surface area (TPSA) is 29.9 Å². The molecule has 3 heteroatoms. The summed E-state index contributed by atoms with van der Waals surface area (Å²) in [6, 6.07) is 2.09. The molecule has 1 aromatic heterocycles. The van der Waals surface area contributed by atoms with E-state index in [0.717, 1.165) is 25.4 Å². The first kappa shape index (κ1) is 15.2. The van der Waals surface area contributed by atoms with Gasteiger partial charge in [-0.2, -0.15) is 5.10 Å². The van der Waals surface area contributed by atoms with Gasteiger partial charge in [-0.15, -0.1) is 0 Å². The number of hydrogen-bond acceptors (Lipinski definition) is 2. The first-order valence-electron chi connectivity index (χ1n) is 7.37. The Morgan fingerprint density at radius 2 is 1.94 bits per heavy atom. The molecule has 0 unspecified atom stereocenters. The molecule has 0 aliphatic rings. The first-order valence-corrected chi connectivity index (χ1v) is 7.37. The van der Waals surface area contributed by atoms with E-state index in [2.05, 4.69) is 30.3 Å². The second kappa shape index (κ2) is 9.15. The maximum atomic E-state index is 4.17. The van der Waals surface area contributed by atoms with Gasteiger partial charge in [-0.1, -0.05) is 39.5 Å². The minimum atomic E-state index is 0.863. The van der Waals surface area contributed by atoms with Crippen LogP contribution in [0.5, 0.6) is 0 Å². The monoisotopic (exact) mass is 251 g/mol. The molecule has 0 saturated carbocycles. The van der Waals surface area contributed by atoms with E-state index in [1.54, 1.807) is 0 Å². The number of nitrogens with one attached hydrogen (secondary N) is 1. The van der Waals surface area contributed by atoms with Gasteiger partial charge in [0.1, 0.15) is 0 Å². The van der Waals surface area contributed by atoms with Crippen LogP contribution < -0.4 is 5.32 Å². The number of hydrogen-bond donors (Lipinski definition) is 1. The van der Waals surface area contributed by atoms with Crippen molar-refractivity contribution in [3.05, 3.63) is 18.0 Å². The van der Waals surface area contributed by atoms with E-state index in [1.807, 2.05) is 17.9 Å². The van der Waals surface area contributed by atoms with Crippen LogP contribution in [0.1, 0.15) is 51.6 Å². The van der Waals surface area contributed by atoms with E-state index in [0.29, 0.717) is 0 Å². The normalized spacial score (nSPS) is 11.3. The molecule has 1 aromatic rings. The molecule has 18 heavy (non-hydrogen) atoms. The van der Waals surface area contributed by atoms with Crippen LogP contribution in [0.15, 0.2) is 12.3 Å². The van der Waals surface area contributed by atoms with E-state index in [9.17, 15) is 0 Å². The molecule has 0 atom stereocenters. The average molecular weight is 251 g/mol. The highest BCUT2D eigenvalue weighted by Crippen LogP contribution is 2.08.